The van der Waals surface area contributed by atoms with Gasteiger partial charge >= 0.3 is 207 Å². The molecule has 3 atom stereocenters. The van der Waals surface area contributed by atoms with Gasteiger partial charge in [0.15, 0.2) is 0 Å². The molecule has 0 aromatic heterocycles. The van der Waals surface area contributed by atoms with Crippen molar-refractivity contribution in [3.63, 3.8) is 0 Å². The van der Waals surface area contributed by atoms with Gasteiger partial charge in [-0.2, -0.15) is 0 Å². The quantitative estimate of drug-likeness (QED) is 0.176. The van der Waals surface area contributed by atoms with Crippen LogP contribution in [0.3, 0.4) is 0 Å². The zero-order valence-corrected chi connectivity index (χ0v) is 28.5. The summed E-state index contributed by atoms with van der Waals surface area (Å²) in [6.45, 7) is 23.2. The number of alkyl halides is 1. The number of halogens is 1. The fraction of sp³-hybridized carbons (Fsp3) is 0.920. The molecule has 0 unspecified atom stereocenters. The minimum absolute atomic E-state index is 0.0174. The van der Waals surface area contributed by atoms with E-state index in [1.54, 1.807) is 3.59 Å². The summed E-state index contributed by atoms with van der Waals surface area (Å²) < 4.78 is 15.6. The Labute approximate surface area is 206 Å². The molecule has 0 saturated heterocycles. The van der Waals surface area contributed by atoms with Gasteiger partial charge in [-0.05, 0) is 0 Å². The van der Waals surface area contributed by atoms with Gasteiger partial charge < -0.3 is 0 Å². The maximum absolute atomic E-state index is 7.02. The predicted molar refractivity (Wildman–Crippen MR) is 149 cm³/mol. The van der Waals surface area contributed by atoms with Crippen molar-refractivity contribution in [3.05, 3.63) is 9.67 Å². The molecule has 0 bridgehead atoms. The van der Waals surface area contributed by atoms with Gasteiger partial charge in [-0.15, -0.1) is 0 Å². The van der Waals surface area contributed by atoms with E-state index in [9.17, 15) is 0 Å². The summed E-state index contributed by atoms with van der Waals surface area (Å²) in [7, 11) is -3.02. The van der Waals surface area contributed by atoms with Crippen molar-refractivity contribution in [3.8, 4) is 0 Å². The molecule has 0 fully saturated rings. The second-order valence-electron chi connectivity index (χ2n) is 13.6. The average molecular weight is 596 g/mol. The van der Waals surface area contributed by atoms with Crippen molar-refractivity contribution < 1.29 is 9.16 Å². The summed E-state index contributed by atoms with van der Waals surface area (Å²) in [4.78, 5) is 7.71. The summed E-state index contributed by atoms with van der Waals surface area (Å²) in [6.07, 6.45) is 6.10. The maximum atomic E-state index is 7.02. The van der Waals surface area contributed by atoms with Crippen LogP contribution in [0.15, 0.2) is 9.67 Å². The van der Waals surface area contributed by atoms with E-state index in [2.05, 4.69) is 81.3 Å². The molecule has 0 spiro atoms. The van der Waals surface area contributed by atoms with Crippen LogP contribution < -0.4 is 0 Å². The van der Waals surface area contributed by atoms with Crippen LogP contribution >= 0.6 is 11.6 Å². The van der Waals surface area contributed by atoms with E-state index in [1.165, 1.54) is 18.9 Å². The zero-order valence-electron chi connectivity index (χ0n) is 22.9. The van der Waals surface area contributed by atoms with E-state index in [0.717, 1.165) is 19.6 Å². The Morgan fingerprint density at radius 1 is 1.16 bits per heavy atom. The Bertz CT molecular complexity index is 602. The van der Waals surface area contributed by atoms with Gasteiger partial charge in [-0.3, -0.25) is 0 Å². The molecule has 0 heterocycles. The molecule has 0 N–H and O–H groups in total. The second-order valence-corrected chi connectivity index (χ2v) is 38.8. The Hall–Kier alpha value is 1.18. The summed E-state index contributed by atoms with van der Waals surface area (Å²) >= 11 is 4.01. The first kappa shape index (κ1) is 30.2. The number of hydrogen-bond donors (Lipinski definition) is 0. The van der Waals surface area contributed by atoms with Crippen molar-refractivity contribution in [2.75, 3.05) is 19.1 Å². The Kier molecular flexibility index (Phi) is 11.0. The molecule has 2 nitrogen and oxygen atoms in total. The van der Waals surface area contributed by atoms with Gasteiger partial charge in [0, 0.05) is 0 Å². The van der Waals surface area contributed by atoms with E-state index >= 15 is 0 Å². The van der Waals surface area contributed by atoms with Gasteiger partial charge in [0.1, 0.15) is 0 Å². The van der Waals surface area contributed by atoms with Crippen molar-refractivity contribution in [2.24, 2.45) is 11.3 Å². The third-order valence-electron chi connectivity index (χ3n) is 7.73. The molecule has 6 heteroatoms. The number of hydrogen-bond acceptors (Lipinski definition) is 2. The molecular formula is C25H53ClO2Si2Sn. The summed E-state index contributed by atoms with van der Waals surface area (Å²) in [5.74, 6) is 1.22. The van der Waals surface area contributed by atoms with E-state index in [-0.39, 0.29) is 16.6 Å². The number of allylic oxidation sites excluding steroid dienone is 1. The van der Waals surface area contributed by atoms with Crippen LogP contribution in [0.25, 0.3) is 0 Å². The summed E-state index contributed by atoms with van der Waals surface area (Å²) in [5, 5.41) is 0.210. The molecule has 184 valence electrons. The topological polar surface area (TPSA) is 18.5 Å². The SMILES string of the molecule is C[C@H]1CCC=[C]([Sn]([CH3])([CH3])[CH3])[C@]1(CO[Si](C)(C)C(C)(C)C)[C@H](CCCl)OCC[Si](C)(C)C. The molecule has 31 heavy (non-hydrogen) atoms. The van der Waals surface area contributed by atoms with Crippen molar-refractivity contribution in [1.82, 2.24) is 0 Å². The minimum atomic E-state index is -2.40. The fourth-order valence-corrected chi connectivity index (χ4v) is 14.1. The van der Waals surface area contributed by atoms with Gasteiger partial charge in [-0.25, -0.2) is 0 Å². The van der Waals surface area contributed by atoms with E-state index in [4.69, 9.17) is 20.8 Å². The van der Waals surface area contributed by atoms with Crippen LogP contribution in [0, 0.1) is 11.3 Å². The van der Waals surface area contributed by atoms with Crippen molar-refractivity contribution in [2.45, 2.75) is 112 Å². The van der Waals surface area contributed by atoms with Crippen LogP contribution in [0.5, 0.6) is 0 Å². The molecule has 0 amide bonds. The number of rotatable bonds is 11. The van der Waals surface area contributed by atoms with Gasteiger partial charge in [-0.1, -0.05) is 0 Å². The Balaban J connectivity index is 3.45. The first-order chi connectivity index (χ1) is 13.9. The summed E-state index contributed by atoms with van der Waals surface area (Å²) in [6, 6.07) is 1.21. The second kappa shape index (κ2) is 11.3. The molecule has 1 rings (SSSR count). The summed E-state index contributed by atoms with van der Waals surface area (Å²) in [5.41, 5.74) is -0.0174. The predicted octanol–water partition coefficient (Wildman–Crippen LogP) is 8.58. The normalized spacial score (nSPS) is 24.8. The van der Waals surface area contributed by atoms with Crippen LogP contribution in [-0.4, -0.2) is 60.0 Å². The van der Waals surface area contributed by atoms with Crippen LogP contribution in [-0.2, 0) is 9.16 Å². The van der Waals surface area contributed by atoms with Crippen LogP contribution in [0.4, 0.5) is 0 Å². The Morgan fingerprint density at radius 3 is 2.19 bits per heavy atom. The zero-order chi connectivity index (χ0) is 24.3. The monoisotopic (exact) mass is 596 g/mol. The molecule has 0 aliphatic heterocycles. The fourth-order valence-electron chi connectivity index (χ4n) is 4.61. The van der Waals surface area contributed by atoms with Gasteiger partial charge in [0.2, 0.25) is 0 Å². The van der Waals surface area contributed by atoms with Gasteiger partial charge in [0.25, 0.3) is 0 Å². The first-order valence-electron chi connectivity index (χ1n) is 12.4. The van der Waals surface area contributed by atoms with Gasteiger partial charge in [0.05, 0.1) is 0 Å². The molecule has 0 saturated carbocycles. The Morgan fingerprint density at radius 2 is 1.74 bits per heavy atom. The standard InChI is InChI=1S/C22H44ClO2Si2.3CH3.Sn/c1-19-12-10-11-14-22(19,18-25-27(8,9)21(2,3)4)20(13-15-23)24-16-17-26(5,6)7;;;;/h11,19-20H,10,12-13,15-18H2,1-9H3;3*1H3;/t19-,20-,22+;;;;/m0..../s1. The van der Waals surface area contributed by atoms with Crippen molar-refractivity contribution in [1.29, 1.82) is 0 Å². The molecule has 1 aliphatic rings. The third kappa shape index (κ3) is 8.12. The molecule has 0 radical (unpaired) electrons. The molecule has 0 aromatic carbocycles. The van der Waals surface area contributed by atoms with E-state index in [1.807, 2.05) is 0 Å². The molecular weight excluding hydrogens is 543 g/mol. The molecule has 0 aromatic rings. The third-order valence-corrected chi connectivity index (χ3v) is 20.7. The van der Waals surface area contributed by atoms with E-state index < -0.39 is 34.8 Å². The van der Waals surface area contributed by atoms with Crippen LogP contribution in [0.2, 0.25) is 58.6 Å². The first-order valence-corrected chi connectivity index (χ1v) is 29.5. The van der Waals surface area contributed by atoms with Crippen LogP contribution in [0.1, 0.15) is 47.0 Å². The number of ether oxygens (including phenoxy) is 1. The van der Waals surface area contributed by atoms with Crippen molar-refractivity contribution >= 4 is 46.4 Å². The van der Waals surface area contributed by atoms with E-state index in [0.29, 0.717) is 11.8 Å². The molecule has 1 aliphatic carbocycles. The average Bonchev–Trinajstić information content (AvgIpc) is 2.57.